The van der Waals surface area contributed by atoms with Gasteiger partial charge in [-0.1, -0.05) is 0 Å². The molecule has 0 aromatic heterocycles. The van der Waals surface area contributed by atoms with Gasteiger partial charge in [0.15, 0.2) is 0 Å². The summed E-state index contributed by atoms with van der Waals surface area (Å²) in [5.41, 5.74) is -1.30. The number of rotatable bonds is 10. The molecule has 0 aromatic rings. The number of amides is 2. The lowest BCUT2D eigenvalue weighted by Gasteiger charge is -2.13. The third-order valence-electron chi connectivity index (χ3n) is 3.48. The SMILES string of the molecule is CC(=O)CCOCCNC(=O)CC1CC1(NC(C)=O)C(=O)O. The maximum atomic E-state index is 11.7. The van der Waals surface area contributed by atoms with Crippen molar-refractivity contribution in [3.05, 3.63) is 0 Å². The molecule has 0 aliphatic heterocycles. The Hall–Kier alpha value is -1.96. The quantitative estimate of drug-likeness (QED) is 0.466. The summed E-state index contributed by atoms with van der Waals surface area (Å²) in [4.78, 5) is 44.6. The summed E-state index contributed by atoms with van der Waals surface area (Å²) in [6.45, 7) is 3.63. The van der Waals surface area contributed by atoms with Gasteiger partial charge in [0, 0.05) is 32.2 Å². The summed E-state index contributed by atoms with van der Waals surface area (Å²) in [6, 6.07) is 0. The molecule has 0 radical (unpaired) electrons. The van der Waals surface area contributed by atoms with Crippen LogP contribution in [-0.4, -0.2) is 54.0 Å². The Morgan fingerprint density at radius 1 is 1.23 bits per heavy atom. The van der Waals surface area contributed by atoms with Crippen molar-refractivity contribution < 1.29 is 29.0 Å². The van der Waals surface area contributed by atoms with E-state index in [9.17, 15) is 19.2 Å². The predicted octanol–water partition coefficient (Wildman–Crippen LogP) is -0.532. The van der Waals surface area contributed by atoms with E-state index in [0.717, 1.165) is 0 Å². The number of hydrogen-bond donors (Lipinski definition) is 3. The molecule has 1 rings (SSSR count). The maximum absolute atomic E-state index is 11.7. The minimum Gasteiger partial charge on any atom is -0.479 e. The normalized spacial score (nSPS) is 22.7. The van der Waals surface area contributed by atoms with Crippen molar-refractivity contribution >= 4 is 23.6 Å². The van der Waals surface area contributed by atoms with Crippen LogP contribution in [0, 0.1) is 5.92 Å². The van der Waals surface area contributed by atoms with Crippen LogP contribution < -0.4 is 10.6 Å². The molecule has 2 atom stereocenters. The molecule has 1 fully saturated rings. The molecule has 3 N–H and O–H groups in total. The molecule has 0 bridgehead atoms. The minimum absolute atomic E-state index is 0.0417. The lowest BCUT2D eigenvalue weighted by Crippen LogP contribution is -2.44. The molecular weight excluding hydrogens is 292 g/mol. The largest absolute Gasteiger partial charge is 0.479 e. The van der Waals surface area contributed by atoms with Crippen molar-refractivity contribution in [3.63, 3.8) is 0 Å². The molecule has 0 spiro atoms. The highest BCUT2D eigenvalue weighted by atomic mass is 16.5. The molecule has 1 aliphatic carbocycles. The Bertz CT molecular complexity index is 464. The van der Waals surface area contributed by atoms with E-state index in [1.165, 1.54) is 13.8 Å². The highest BCUT2D eigenvalue weighted by Gasteiger charge is 2.61. The number of carbonyl (C=O) groups excluding carboxylic acids is 3. The first-order valence-electron chi connectivity index (χ1n) is 7.14. The van der Waals surface area contributed by atoms with Gasteiger partial charge < -0.3 is 20.5 Å². The fourth-order valence-electron chi connectivity index (χ4n) is 2.24. The van der Waals surface area contributed by atoms with Gasteiger partial charge in [0.25, 0.3) is 0 Å². The average Bonchev–Trinajstić information content (AvgIpc) is 3.06. The van der Waals surface area contributed by atoms with Crippen LogP contribution >= 0.6 is 0 Å². The second kappa shape index (κ2) is 7.88. The number of ketones is 1. The van der Waals surface area contributed by atoms with Crippen LogP contribution in [0.5, 0.6) is 0 Å². The summed E-state index contributed by atoms with van der Waals surface area (Å²) in [7, 11) is 0. The van der Waals surface area contributed by atoms with E-state index in [1.54, 1.807) is 0 Å². The van der Waals surface area contributed by atoms with Gasteiger partial charge in [0.1, 0.15) is 11.3 Å². The van der Waals surface area contributed by atoms with E-state index in [4.69, 9.17) is 9.84 Å². The molecule has 8 heteroatoms. The molecule has 1 aliphatic rings. The number of Topliss-reactive ketones (excluding diaryl/α,β-unsaturated/α-hetero) is 1. The zero-order chi connectivity index (χ0) is 16.8. The summed E-state index contributed by atoms with van der Waals surface area (Å²) >= 11 is 0. The lowest BCUT2D eigenvalue weighted by atomic mass is 10.1. The number of carbonyl (C=O) groups is 4. The van der Waals surface area contributed by atoms with Gasteiger partial charge in [-0.3, -0.25) is 14.4 Å². The molecular formula is C14H22N2O6. The van der Waals surface area contributed by atoms with Crippen LogP contribution in [0.3, 0.4) is 0 Å². The van der Waals surface area contributed by atoms with Crippen molar-refractivity contribution in [2.75, 3.05) is 19.8 Å². The first-order valence-corrected chi connectivity index (χ1v) is 7.14. The minimum atomic E-state index is -1.30. The Morgan fingerprint density at radius 2 is 1.91 bits per heavy atom. The Morgan fingerprint density at radius 3 is 2.45 bits per heavy atom. The second-order valence-corrected chi connectivity index (χ2v) is 5.48. The van der Waals surface area contributed by atoms with Crippen LogP contribution in [0.2, 0.25) is 0 Å². The van der Waals surface area contributed by atoms with Gasteiger partial charge >= 0.3 is 5.97 Å². The number of aliphatic carboxylic acids is 1. The maximum Gasteiger partial charge on any atom is 0.329 e. The van der Waals surface area contributed by atoms with Gasteiger partial charge in [0.2, 0.25) is 11.8 Å². The third-order valence-corrected chi connectivity index (χ3v) is 3.48. The third kappa shape index (κ3) is 5.44. The number of ether oxygens (including phenoxy) is 1. The molecule has 2 amide bonds. The van der Waals surface area contributed by atoms with E-state index in [1.807, 2.05) is 0 Å². The van der Waals surface area contributed by atoms with Gasteiger partial charge in [-0.05, 0) is 13.3 Å². The van der Waals surface area contributed by atoms with Gasteiger partial charge in [-0.2, -0.15) is 0 Å². The van der Waals surface area contributed by atoms with Crippen molar-refractivity contribution in [2.45, 2.75) is 38.6 Å². The van der Waals surface area contributed by atoms with E-state index in [-0.39, 0.29) is 24.5 Å². The Balaban J connectivity index is 2.22. The number of carboxylic acids is 1. The van der Waals surface area contributed by atoms with E-state index < -0.39 is 23.3 Å². The zero-order valence-electron chi connectivity index (χ0n) is 12.8. The Labute approximate surface area is 128 Å². The molecule has 124 valence electrons. The van der Waals surface area contributed by atoms with E-state index in [0.29, 0.717) is 26.2 Å². The standard InChI is InChI=1S/C14H22N2O6/c1-9(17)3-5-22-6-4-15-12(19)7-11-8-14(11,13(20)21)16-10(2)18/h11H,3-8H2,1-2H3,(H,15,19)(H,16,18)(H,20,21). The summed E-state index contributed by atoms with van der Waals surface area (Å²) in [5, 5.41) is 14.2. The van der Waals surface area contributed by atoms with Crippen LogP contribution in [0.25, 0.3) is 0 Å². The van der Waals surface area contributed by atoms with Crippen molar-refractivity contribution in [2.24, 2.45) is 5.92 Å². The first-order chi connectivity index (χ1) is 10.3. The average molecular weight is 314 g/mol. The van der Waals surface area contributed by atoms with Crippen molar-refractivity contribution in [1.82, 2.24) is 10.6 Å². The fourth-order valence-corrected chi connectivity index (χ4v) is 2.24. The van der Waals surface area contributed by atoms with Gasteiger partial charge in [-0.25, -0.2) is 4.79 Å². The van der Waals surface area contributed by atoms with Crippen molar-refractivity contribution in [1.29, 1.82) is 0 Å². The molecule has 8 nitrogen and oxygen atoms in total. The fraction of sp³-hybridized carbons (Fsp3) is 0.714. The van der Waals surface area contributed by atoms with Crippen LogP contribution in [0.1, 0.15) is 33.1 Å². The molecule has 22 heavy (non-hydrogen) atoms. The monoisotopic (exact) mass is 314 g/mol. The molecule has 1 saturated carbocycles. The summed E-state index contributed by atoms with van der Waals surface area (Å²) < 4.78 is 5.16. The van der Waals surface area contributed by atoms with E-state index in [2.05, 4.69) is 10.6 Å². The highest BCUT2D eigenvalue weighted by molar-refractivity contribution is 5.91. The van der Waals surface area contributed by atoms with E-state index >= 15 is 0 Å². The van der Waals surface area contributed by atoms with Gasteiger partial charge in [0.05, 0.1) is 13.2 Å². The smallest absolute Gasteiger partial charge is 0.329 e. The van der Waals surface area contributed by atoms with Crippen molar-refractivity contribution in [3.8, 4) is 0 Å². The second-order valence-electron chi connectivity index (χ2n) is 5.48. The lowest BCUT2D eigenvalue weighted by molar-refractivity contribution is -0.143. The number of nitrogens with one attached hydrogen (secondary N) is 2. The molecule has 0 aromatic carbocycles. The number of hydrogen-bond acceptors (Lipinski definition) is 5. The van der Waals surface area contributed by atoms with Crippen LogP contribution in [0.4, 0.5) is 0 Å². The summed E-state index contributed by atoms with van der Waals surface area (Å²) in [5.74, 6) is -2.18. The topological polar surface area (TPSA) is 122 Å². The molecule has 0 saturated heterocycles. The first kappa shape index (κ1) is 18.1. The van der Waals surface area contributed by atoms with Crippen LogP contribution in [-0.2, 0) is 23.9 Å². The zero-order valence-corrected chi connectivity index (χ0v) is 12.8. The molecule has 0 heterocycles. The highest BCUT2D eigenvalue weighted by Crippen LogP contribution is 2.46. The van der Waals surface area contributed by atoms with Crippen LogP contribution in [0.15, 0.2) is 0 Å². The summed E-state index contributed by atoms with van der Waals surface area (Å²) in [6.07, 6.45) is 0.637. The number of carboxylic acid groups (broad SMARTS) is 1. The Kier molecular flexibility index (Phi) is 6.48. The predicted molar refractivity (Wildman–Crippen MR) is 76.0 cm³/mol. The van der Waals surface area contributed by atoms with Gasteiger partial charge in [-0.15, -0.1) is 0 Å². The molecule has 2 unspecified atom stereocenters.